The molecule has 2 rings (SSSR count). The summed E-state index contributed by atoms with van der Waals surface area (Å²) < 4.78 is 0. The molecule has 0 unspecified atom stereocenters. The van der Waals surface area contributed by atoms with E-state index in [-0.39, 0.29) is 6.61 Å². The van der Waals surface area contributed by atoms with Gasteiger partial charge in [0.05, 0.1) is 11.5 Å². The van der Waals surface area contributed by atoms with Gasteiger partial charge in [0.25, 0.3) is 0 Å². The van der Waals surface area contributed by atoms with Crippen LogP contribution in [-0.2, 0) is 6.61 Å². The van der Waals surface area contributed by atoms with Crippen LogP contribution in [0.5, 0.6) is 0 Å². The molecule has 1 aliphatic carbocycles. The summed E-state index contributed by atoms with van der Waals surface area (Å²) in [5.74, 6) is 0. The van der Waals surface area contributed by atoms with Gasteiger partial charge in [0.15, 0.2) is 5.13 Å². The fourth-order valence-electron chi connectivity index (χ4n) is 2.27. The summed E-state index contributed by atoms with van der Waals surface area (Å²) in [7, 11) is 0. The van der Waals surface area contributed by atoms with Crippen molar-refractivity contribution in [2.45, 2.75) is 45.3 Å². The van der Waals surface area contributed by atoms with Crippen LogP contribution in [0.2, 0.25) is 0 Å². The van der Waals surface area contributed by atoms with Gasteiger partial charge in [0.1, 0.15) is 0 Å². The average Bonchev–Trinajstić information content (AvgIpc) is 2.89. The Balaban J connectivity index is 2.10. The van der Waals surface area contributed by atoms with E-state index in [1.165, 1.54) is 25.7 Å². The Bertz CT molecular complexity index is 307. The third kappa shape index (κ3) is 2.32. The van der Waals surface area contributed by atoms with Gasteiger partial charge in [-0.3, -0.25) is 0 Å². The topological polar surface area (TPSA) is 36.4 Å². The monoisotopic (exact) mass is 226 g/mol. The molecule has 0 bridgehead atoms. The highest BCUT2D eigenvalue weighted by molar-refractivity contribution is 7.15. The number of hydrogen-bond acceptors (Lipinski definition) is 4. The van der Waals surface area contributed by atoms with Crippen LogP contribution in [0.25, 0.3) is 0 Å². The first kappa shape index (κ1) is 10.9. The second-order valence-corrected chi connectivity index (χ2v) is 5.09. The van der Waals surface area contributed by atoms with Gasteiger partial charge in [-0.05, 0) is 19.8 Å². The Kier molecular flexibility index (Phi) is 3.59. The number of aliphatic hydroxyl groups is 1. The lowest BCUT2D eigenvalue weighted by molar-refractivity contribution is 0.285. The SMILES string of the molecule is CCN(c1ncc(CO)s1)C1CCCC1. The zero-order chi connectivity index (χ0) is 10.7. The minimum absolute atomic E-state index is 0.111. The minimum Gasteiger partial charge on any atom is -0.391 e. The Morgan fingerprint density at radius 2 is 2.27 bits per heavy atom. The molecule has 1 fully saturated rings. The molecule has 0 atom stereocenters. The first-order chi connectivity index (χ1) is 7.35. The summed E-state index contributed by atoms with van der Waals surface area (Å²) in [4.78, 5) is 7.73. The molecule has 1 heterocycles. The predicted molar refractivity (Wildman–Crippen MR) is 63.3 cm³/mol. The molecule has 0 spiro atoms. The van der Waals surface area contributed by atoms with Gasteiger partial charge in [-0.15, -0.1) is 0 Å². The predicted octanol–water partition coefficient (Wildman–Crippen LogP) is 2.40. The van der Waals surface area contributed by atoms with Crippen LogP contribution in [0.15, 0.2) is 6.20 Å². The number of nitrogens with zero attached hydrogens (tertiary/aromatic N) is 2. The maximum Gasteiger partial charge on any atom is 0.185 e. The highest BCUT2D eigenvalue weighted by Crippen LogP contribution is 2.30. The van der Waals surface area contributed by atoms with Crippen molar-refractivity contribution in [1.82, 2.24) is 4.98 Å². The molecule has 0 amide bonds. The van der Waals surface area contributed by atoms with E-state index >= 15 is 0 Å². The van der Waals surface area contributed by atoms with E-state index in [1.807, 2.05) is 0 Å². The second-order valence-electron chi connectivity index (χ2n) is 3.99. The summed E-state index contributed by atoms with van der Waals surface area (Å²) in [6.45, 7) is 3.31. The van der Waals surface area contributed by atoms with Crippen molar-refractivity contribution < 1.29 is 5.11 Å². The zero-order valence-corrected chi connectivity index (χ0v) is 9.96. The molecular weight excluding hydrogens is 208 g/mol. The maximum atomic E-state index is 9.02. The van der Waals surface area contributed by atoms with E-state index < -0.39 is 0 Å². The van der Waals surface area contributed by atoms with Crippen LogP contribution in [0.1, 0.15) is 37.5 Å². The van der Waals surface area contributed by atoms with Gasteiger partial charge in [-0.2, -0.15) is 0 Å². The number of aromatic nitrogens is 1. The van der Waals surface area contributed by atoms with Crippen LogP contribution in [-0.4, -0.2) is 22.7 Å². The van der Waals surface area contributed by atoms with Crippen molar-refractivity contribution in [3.63, 3.8) is 0 Å². The standard InChI is InChI=1S/C11H18N2OS/c1-2-13(9-5-3-4-6-9)11-12-7-10(8-14)15-11/h7,9,14H,2-6,8H2,1H3. The molecule has 0 aliphatic heterocycles. The van der Waals surface area contributed by atoms with Gasteiger partial charge in [0.2, 0.25) is 0 Å². The van der Waals surface area contributed by atoms with Crippen LogP contribution in [0.3, 0.4) is 0 Å². The lowest BCUT2D eigenvalue weighted by Crippen LogP contribution is -2.32. The lowest BCUT2D eigenvalue weighted by atomic mass is 10.2. The van der Waals surface area contributed by atoms with E-state index in [0.717, 1.165) is 16.6 Å². The molecule has 0 radical (unpaired) electrons. The summed E-state index contributed by atoms with van der Waals surface area (Å²) in [5, 5.41) is 10.1. The van der Waals surface area contributed by atoms with Crippen molar-refractivity contribution in [2.24, 2.45) is 0 Å². The first-order valence-corrected chi connectivity index (χ1v) is 6.49. The lowest BCUT2D eigenvalue weighted by Gasteiger charge is -2.26. The van der Waals surface area contributed by atoms with Crippen molar-refractivity contribution in [1.29, 1.82) is 0 Å². The largest absolute Gasteiger partial charge is 0.391 e. The molecule has 1 N–H and O–H groups in total. The summed E-state index contributed by atoms with van der Waals surface area (Å²) >= 11 is 1.62. The van der Waals surface area contributed by atoms with E-state index in [4.69, 9.17) is 5.11 Å². The molecule has 4 heteroatoms. The van der Waals surface area contributed by atoms with Crippen LogP contribution in [0.4, 0.5) is 5.13 Å². The Morgan fingerprint density at radius 3 is 2.80 bits per heavy atom. The Hall–Kier alpha value is -0.610. The molecule has 0 aromatic carbocycles. The Morgan fingerprint density at radius 1 is 1.53 bits per heavy atom. The summed E-state index contributed by atoms with van der Waals surface area (Å²) in [5.41, 5.74) is 0. The smallest absolute Gasteiger partial charge is 0.185 e. The van der Waals surface area contributed by atoms with Crippen molar-refractivity contribution in [3.05, 3.63) is 11.1 Å². The number of anilines is 1. The Labute approximate surface area is 94.8 Å². The maximum absolute atomic E-state index is 9.02. The van der Waals surface area contributed by atoms with Crippen LogP contribution < -0.4 is 4.90 Å². The third-order valence-corrected chi connectivity index (χ3v) is 4.07. The molecule has 84 valence electrons. The quantitative estimate of drug-likeness (QED) is 0.856. The average molecular weight is 226 g/mol. The highest BCUT2D eigenvalue weighted by Gasteiger charge is 2.23. The van der Waals surface area contributed by atoms with Crippen molar-refractivity contribution in [3.8, 4) is 0 Å². The zero-order valence-electron chi connectivity index (χ0n) is 9.15. The molecule has 3 nitrogen and oxygen atoms in total. The van der Waals surface area contributed by atoms with E-state index in [1.54, 1.807) is 17.5 Å². The van der Waals surface area contributed by atoms with Gasteiger partial charge >= 0.3 is 0 Å². The first-order valence-electron chi connectivity index (χ1n) is 5.67. The fraction of sp³-hybridized carbons (Fsp3) is 0.727. The van der Waals surface area contributed by atoms with Gasteiger partial charge in [-0.25, -0.2) is 4.98 Å². The minimum atomic E-state index is 0.111. The van der Waals surface area contributed by atoms with E-state index in [9.17, 15) is 0 Å². The van der Waals surface area contributed by atoms with E-state index in [2.05, 4.69) is 16.8 Å². The number of thiazole rings is 1. The number of aliphatic hydroxyl groups excluding tert-OH is 1. The summed E-state index contributed by atoms with van der Waals surface area (Å²) in [6, 6.07) is 0.674. The molecule has 1 aromatic heterocycles. The second kappa shape index (κ2) is 4.94. The van der Waals surface area contributed by atoms with Gasteiger partial charge in [0, 0.05) is 18.8 Å². The fourth-order valence-corrected chi connectivity index (χ4v) is 3.17. The molecule has 1 aliphatic rings. The van der Waals surface area contributed by atoms with Gasteiger partial charge in [-0.1, -0.05) is 24.2 Å². The summed E-state index contributed by atoms with van der Waals surface area (Å²) in [6.07, 6.45) is 7.07. The molecule has 0 saturated heterocycles. The highest BCUT2D eigenvalue weighted by atomic mass is 32.1. The number of hydrogen-bond donors (Lipinski definition) is 1. The molecule has 1 aromatic rings. The van der Waals surface area contributed by atoms with Crippen LogP contribution >= 0.6 is 11.3 Å². The van der Waals surface area contributed by atoms with Crippen LogP contribution in [0, 0.1) is 0 Å². The molecule has 1 saturated carbocycles. The van der Waals surface area contributed by atoms with E-state index in [0.29, 0.717) is 6.04 Å². The number of rotatable bonds is 4. The third-order valence-electron chi connectivity index (χ3n) is 3.05. The normalized spacial score (nSPS) is 17.2. The van der Waals surface area contributed by atoms with Gasteiger partial charge < -0.3 is 10.0 Å². The van der Waals surface area contributed by atoms with Crippen molar-refractivity contribution >= 4 is 16.5 Å². The van der Waals surface area contributed by atoms with Crippen molar-refractivity contribution in [2.75, 3.05) is 11.4 Å². The molecular formula is C11H18N2OS. The molecule has 15 heavy (non-hydrogen) atoms.